The lowest BCUT2D eigenvalue weighted by atomic mass is 9.95. The Labute approximate surface area is 193 Å². The fourth-order valence-corrected chi connectivity index (χ4v) is 4.49. The number of benzene rings is 3. The van der Waals surface area contributed by atoms with Gasteiger partial charge in [-0.15, -0.1) is 0 Å². The highest BCUT2D eigenvalue weighted by molar-refractivity contribution is 7.92. The second-order valence-electron chi connectivity index (χ2n) is 7.35. The Morgan fingerprint density at radius 2 is 1.72 bits per heavy atom. The summed E-state index contributed by atoms with van der Waals surface area (Å²) in [6, 6.07) is 21.5. The zero-order valence-corrected chi connectivity index (χ0v) is 19.7. The van der Waals surface area contributed by atoms with Crippen molar-refractivity contribution < 1.29 is 17.9 Å². The van der Waals surface area contributed by atoms with Gasteiger partial charge in [-0.1, -0.05) is 66.2 Å². The predicted octanol–water partition coefficient (Wildman–Crippen LogP) is 4.33. The molecule has 8 heteroatoms. The molecule has 0 aromatic heterocycles. The summed E-state index contributed by atoms with van der Waals surface area (Å²) in [7, 11) is -2.37. The summed E-state index contributed by atoms with van der Waals surface area (Å²) >= 11 is 6.09. The van der Waals surface area contributed by atoms with Crippen LogP contribution in [0.2, 0.25) is 5.02 Å². The van der Waals surface area contributed by atoms with Gasteiger partial charge < -0.3 is 10.1 Å². The smallest absolute Gasteiger partial charge is 0.241 e. The van der Waals surface area contributed by atoms with E-state index < -0.39 is 28.5 Å². The van der Waals surface area contributed by atoms with E-state index in [4.69, 9.17) is 16.3 Å². The number of hydrogen-bond donors (Lipinski definition) is 1. The highest BCUT2D eigenvalue weighted by Gasteiger charge is 2.26. The molecule has 0 spiro atoms. The number of anilines is 1. The van der Waals surface area contributed by atoms with E-state index in [9.17, 15) is 13.2 Å². The summed E-state index contributed by atoms with van der Waals surface area (Å²) in [5.41, 5.74) is 3.03. The maximum atomic E-state index is 13.1. The quantitative estimate of drug-likeness (QED) is 0.529. The number of carbonyl (C=O) groups is 1. The van der Waals surface area contributed by atoms with Gasteiger partial charge in [-0.25, -0.2) is 8.42 Å². The molecule has 0 aliphatic heterocycles. The standard InChI is InChI=1S/C24H25ClN2O4S/c1-17-9-7-8-12-20(17)24(18-10-5-4-6-11-18)26-23(28)16-27(32(3,29)30)21-15-19(25)13-14-22(21)31-2/h4-15,24H,16H2,1-3H3,(H,26,28)/t24-/m1/s1. The van der Waals surface area contributed by atoms with Crippen molar-refractivity contribution in [3.63, 3.8) is 0 Å². The fraction of sp³-hybridized carbons (Fsp3) is 0.208. The molecule has 0 aliphatic carbocycles. The van der Waals surface area contributed by atoms with Crippen LogP contribution in [0, 0.1) is 6.92 Å². The van der Waals surface area contributed by atoms with Crippen molar-refractivity contribution in [1.29, 1.82) is 0 Å². The van der Waals surface area contributed by atoms with Crippen LogP contribution in [0.5, 0.6) is 5.75 Å². The third-order valence-electron chi connectivity index (χ3n) is 5.03. The Balaban J connectivity index is 1.95. The number of rotatable bonds is 8. The van der Waals surface area contributed by atoms with Gasteiger partial charge in [0.25, 0.3) is 0 Å². The number of nitrogens with zero attached hydrogens (tertiary/aromatic N) is 1. The third-order valence-corrected chi connectivity index (χ3v) is 6.40. The minimum absolute atomic E-state index is 0.199. The lowest BCUT2D eigenvalue weighted by Crippen LogP contribution is -2.42. The summed E-state index contributed by atoms with van der Waals surface area (Å²) in [5, 5.41) is 3.33. The molecule has 6 nitrogen and oxygen atoms in total. The van der Waals surface area contributed by atoms with Crippen molar-refractivity contribution in [1.82, 2.24) is 5.32 Å². The second kappa shape index (κ2) is 10.1. The first-order valence-corrected chi connectivity index (χ1v) is 12.1. The number of hydrogen-bond acceptors (Lipinski definition) is 4. The van der Waals surface area contributed by atoms with Crippen LogP contribution in [-0.4, -0.2) is 34.2 Å². The molecule has 0 saturated heterocycles. The van der Waals surface area contributed by atoms with Crippen LogP contribution in [0.15, 0.2) is 72.8 Å². The van der Waals surface area contributed by atoms with Gasteiger partial charge in [-0.2, -0.15) is 0 Å². The minimum Gasteiger partial charge on any atom is -0.495 e. The minimum atomic E-state index is -3.80. The number of methoxy groups -OCH3 is 1. The maximum Gasteiger partial charge on any atom is 0.241 e. The molecule has 1 N–H and O–H groups in total. The largest absolute Gasteiger partial charge is 0.495 e. The Hall–Kier alpha value is -3.03. The first kappa shape index (κ1) is 23.6. The number of aryl methyl sites for hydroxylation is 1. The van der Waals surface area contributed by atoms with Crippen LogP contribution >= 0.6 is 11.6 Å². The molecule has 0 bridgehead atoms. The molecular formula is C24H25ClN2O4S. The Bertz CT molecular complexity index is 1200. The van der Waals surface area contributed by atoms with Gasteiger partial charge in [0, 0.05) is 5.02 Å². The number of carbonyl (C=O) groups excluding carboxylic acids is 1. The van der Waals surface area contributed by atoms with E-state index in [1.165, 1.54) is 13.2 Å². The van der Waals surface area contributed by atoms with Gasteiger partial charge in [0.2, 0.25) is 15.9 Å². The summed E-state index contributed by atoms with van der Waals surface area (Å²) in [4.78, 5) is 13.1. The van der Waals surface area contributed by atoms with Crippen LogP contribution in [0.3, 0.4) is 0 Å². The Morgan fingerprint density at radius 1 is 1.06 bits per heavy atom. The molecule has 3 rings (SSSR count). The van der Waals surface area contributed by atoms with Gasteiger partial charge in [-0.3, -0.25) is 9.10 Å². The SMILES string of the molecule is COc1ccc(Cl)cc1N(CC(=O)N[C@H](c1ccccc1)c1ccccc1C)S(C)(=O)=O. The average Bonchev–Trinajstić information content (AvgIpc) is 2.76. The van der Waals surface area contributed by atoms with Crippen molar-refractivity contribution >= 4 is 33.2 Å². The second-order valence-corrected chi connectivity index (χ2v) is 9.70. The van der Waals surface area contributed by atoms with E-state index in [2.05, 4.69) is 5.32 Å². The van der Waals surface area contributed by atoms with Crippen LogP contribution < -0.4 is 14.4 Å². The van der Waals surface area contributed by atoms with Crippen molar-refractivity contribution in [3.8, 4) is 5.75 Å². The Kier molecular flexibility index (Phi) is 7.43. The molecular weight excluding hydrogens is 448 g/mol. The van der Waals surface area contributed by atoms with E-state index in [0.29, 0.717) is 10.8 Å². The van der Waals surface area contributed by atoms with E-state index in [1.807, 2.05) is 61.5 Å². The summed E-state index contributed by atoms with van der Waals surface area (Å²) < 4.78 is 31.4. The molecule has 0 fully saturated rings. The van der Waals surface area contributed by atoms with E-state index in [-0.39, 0.29) is 5.69 Å². The maximum absolute atomic E-state index is 13.1. The normalized spacial score (nSPS) is 12.1. The molecule has 0 radical (unpaired) electrons. The first-order valence-electron chi connectivity index (χ1n) is 9.92. The summed E-state index contributed by atoms with van der Waals surface area (Å²) in [5.74, 6) is -0.166. The predicted molar refractivity (Wildman–Crippen MR) is 128 cm³/mol. The van der Waals surface area contributed by atoms with E-state index >= 15 is 0 Å². The molecule has 0 unspecified atom stereocenters. The molecule has 0 aliphatic rings. The highest BCUT2D eigenvalue weighted by atomic mass is 35.5. The molecule has 3 aromatic carbocycles. The van der Waals surface area contributed by atoms with Crippen molar-refractivity contribution in [3.05, 3.63) is 94.5 Å². The van der Waals surface area contributed by atoms with Crippen molar-refractivity contribution in [2.75, 3.05) is 24.2 Å². The third kappa shape index (κ3) is 5.60. The van der Waals surface area contributed by atoms with Crippen LogP contribution in [0.4, 0.5) is 5.69 Å². The van der Waals surface area contributed by atoms with Crippen LogP contribution in [-0.2, 0) is 14.8 Å². The number of amides is 1. The van der Waals surface area contributed by atoms with Gasteiger partial charge in [0.1, 0.15) is 12.3 Å². The van der Waals surface area contributed by atoms with E-state index in [0.717, 1.165) is 27.3 Å². The summed E-state index contributed by atoms with van der Waals surface area (Å²) in [6.07, 6.45) is 1.04. The van der Waals surface area contributed by atoms with E-state index in [1.54, 1.807) is 12.1 Å². The monoisotopic (exact) mass is 472 g/mol. The number of nitrogens with one attached hydrogen (secondary N) is 1. The molecule has 0 heterocycles. The summed E-state index contributed by atoms with van der Waals surface area (Å²) in [6.45, 7) is 1.54. The molecule has 168 valence electrons. The van der Waals surface area contributed by atoms with Gasteiger partial charge >= 0.3 is 0 Å². The number of ether oxygens (including phenoxy) is 1. The topological polar surface area (TPSA) is 75.7 Å². The fourth-order valence-electron chi connectivity index (χ4n) is 3.47. The molecule has 3 aromatic rings. The lowest BCUT2D eigenvalue weighted by molar-refractivity contribution is -0.120. The van der Waals surface area contributed by atoms with Crippen LogP contribution in [0.25, 0.3) is 0 Å². The molecule has 1 amide bonds. The van der Waals surface area contributed by atoms with Gasteiger partial charge in [0.15, 0.2) is 0 Å². The zero-order valence-electron chi connectivity index (χ0n) is 18.1. The Morgan fingerprint density at radius 3 is 2.34 bits per heavy atom. The molecule has 1 atom stereocenters. The van der Waals surface area contributed by atoms with Gasteiger partial charge in [-0.05, 0) is 41.8 Å². The highest BCUT2D eigenvalue weighted by Crippen LogP contribution is 2.33. The van der Waals surface area contributed by atoms with Crippen LogP contribution in [0.1, 0.15) is 22.7 Å². The zero-order chi connectivity index (χ0) is 23.3. The average molecular weight is 473 g/mol. The molecule has 0 saturated carbocycles. The van der Waals surface area contributed by atoms with Crippen molar-refractivity contribution in [2.24, 2.45) is 0 Å². The van der Waals surface area contributed by atoms with Gasteiger partial charge in [0.05, 0.1) is 25.1 Å². The molecule has 32 heavy (non-hydrogen) atoms. The number of sulfonamides is 1. The van der Waals surface area contributed by atoms with Crippen molar-refractivity contribution in [2.45, 2.75) is 13.0 Å². The number of halogens is 1. The lowest BCUT2D eigenvalue weighted by Gasteiger charge is -2.26. The first-order chi connectivity index (χ1) is 15.2.